The number of halogens is 2. The molecule has 2 aromatic heterocycles. The lowest BCUT2D eigenvalue weighted by Gasteiger charge is -2.30. The minimum atomic E-state index is -0.319. The van der Waals surface area contributed by atoms with Crippen LogP contribution >= 0.6 is 0 Å². The minimum Gasteiger partial charge on any atom is -0.497 e. The molecule has 1 N–H and O–H groups in total. The van der Waals surface area contributed by atoms with E-state index in [0.29, 0.717) is 48.7 Å². The highest BCUT2D eigenvalue weighted by Gasteiger charge is 2.26. The Kier molecular flexibility index (Phi) is 7.74. The average molecular weight is 531 g/mol. The lowest BCUT2D eigenvalue weighted by atomic mass is 10.1. The zero-order valence-corrected chi connectivity index (χ0v) is 21.6. The fourth-order valence-corrected chi connectivity index (χ4v) is 4.72. The van der Waals surface area contributed by atoms with Gasteiger partial charge in [-0.25, -0.2) is 13.5 Å². The second kappa shape index (κ2) is 11.5. The van der Waals surface area contributed by atoms with Gasteiger partial charge in [0.15, 0.2) is 5.82 Å². The number of methoxy groups -OCH3 is 1. The third kappa shape index (κ3) is 6.01. The maximum absolute atomic E-state index is 13.6. The molecule has 0 spiro atoms. The van der Waals surface area contributed by atoms with E-state index in [4.69, 9.17) is 4.74 Å². The number of nitrogens with one attached hydrogen (secondary N) is 1. The summed E-state index contributed by atoms with van der Waals surface area (Å²) in [5.41, 5.74) is 2.81. The number of tetrazole rings is 1. The van der Waals surface area contributed by atoms with E-state index in [-0.39, 0.29) is 23.2 Å². The van der Waals surface area contributed by atoms with Crippen LogP contribution < -0.4 is 10.3 Å². The van der Waals surface area contributed by atoms with Gasteiger partial charge in [-0.15, -0.1) is 5.10 Å². The number of aromatic nitrogens is 5. The van der Waals surface area contributed by atoms with Gasteiger partial charge in [0.1, 0.15) is 17.4 Å². The number of aromatic amines is 1. The summed E-state index contributed by atoms with van der Waals surface area (Å²) in [5, 5.41) is 13.3. The van der Waals surface area contributed by atoms with Gasteiger partial charge in [0.2, 0.25) is 0 Å². The standard InChI is InChI=1S/C29H28F2N6O2/c1-3-27(28-33-34-35-37(28)17-20-6-10-24(31)11-7-20)36(16-19-4-8-23(30)9-5-19)18-22-14-21-15-25(39-2)12-13-26(21)32-29(22)38/h4-15,27H,3,16-18H2,1-2H3,(H,32,38). The molecule has 0 fully saturated rings. The zero-order valence-electron chi connectivity index (χ0n) is 21.6. The van der Waals surface area contributed by atoms with Crippen molar-refractivity contribution in [2.24, 2.45) is 0 Å². The summed E-state index contributed by atoms with van der Waals surface area (Å²) in [6.45, 7) is 3.11. The maximum Gasteiger partial charge on any atom is 0.252 e. The van der Waals surface area contributed by atoms with Gasteiger partial charge in [0.25, 0.3) is 5.56 Å². The summed E-state index contributed by atoms with van der Waals surface area (Å²) >= 11 is 0. The largest absolute Gasteiger partial charge is 0.497 e. The second-order valence-corrected chi connectivity index (χ2v) is 9.35. The predicted molar refractivity (Wildman–Crippen MR) is 143 cm³/mol. The van der Waals surface area contributed by atoms with E-state index in [9.17, 15) is 13.6 Å². The number of benzene rings is 3. The molecule has 10 heteroatoms. The number of fused-ring (bicyclic) bond motifs is 1. The van der Waals surface area contributed by atoms with E-state index < -0.39 is 0 Å². The van der Waals surface area contributed by atoms with E-state index in [1.807, 2.05) is 25.1 Å². The van der Waals surface area contributed by atoms with Crippen LogP contribution in [0.25, 0.3) is 10.9 Å². The summed E-state index contributed by atoms with van der Waals surface area (Å²) in [4.78, 5) is 18.2. The highest BCUT2D eigenvalue weighted by atomic mass is 19.1. The molecule has 0 saturated heterocycles. The van der Waals surface area contributed by atoms with Crippen molar-refractivity contribution in [3.8, 4) is 5.75 Å². The summed E-state index contributed by atoms with van der Waals surface area (Å²) < 4.78 is 34.1. The van der Waals surface area contributed by atoms with Crippen molar-refractivity contribution in [3.05, 3.63) is 117 Å². The molecule has 200 valence electrons. The molecule has 0 saturated carbocycles. The van der Waals surface area contributed by atoms with Crippen molar-refractivity contribution in [1.29, 1.82) is 0 Å². The number of hydrogen-bond acceptors (Lipinski definition) is 6. The summed E-state index contributed by atoms with van der Waals surface area (Å²) in [6.07, 6.45) is 0.643. The van der Waals surface area contributed by atoms with Crippen molar-refractivity contribution in [1.82, 2.24) is 30.1 Å². The van der Waals surface area contributed by atoms with Gasteiger partial charge >= 0.3 is 0 Å². The predicted octanol–water partition coefficient (Wildman–Crippen LogP) is 5.00. The zero-order chi connectivity index (χ0) is 27.4. The summed E-state index contributed by atoms with van der Waals surface area (Å²) in [7, 11) is 1.60. The van der Waals surface area contributed by atoms with Crippen molar-refractivity contribution < 1.29 is 13.5 Å². The van der Waals surface area contributed by atoms with Crippen molar-refractivity contribution in [2.75, 3.05) is 7.11 Å². The lowest BCUT2D eigenvalue weighted by molar-refractivity contribution is 0.161. The molecule has 1 unspecified atom stereocenters. The van der Waals surface area contributed by atoms with Crippen molar-refractivity contribution >= 4 is 10.9 Å². The fourth-order valence-electron chi connectivity index (χ4n) is 4.72. The molecule has 0 aliphatic carbocycles. The van der Waals surface area contributed by atoms with Crippen LogP contribution in [0.5, 0.6) is 5.75 Å². The molecule has 3 aromatic carbocycles. The van der Waals surface area contributed by atoms with Gasteiger partial charge in [0.05, 0.1) is 19.7 Å². The number of rotatable bonds is 10. The lowest BCUT2D eigenvalue weighted by Crippen LogP contribution is -2.32. The van der Waals surface area contributed by atoms with Gasteiger partial charge < -0.3 is 9.72 Å². The Hall–Kier alpha value is -4.44. The highest BCUT2D eigenvalue weighted by molar-refractivity contribution is 5.80. The molecule has 0 aliphatic heterocycles. The number of nitrogens with zero attached hydrogens (tertiary/aromatic N) is 5. The van der Waals surface area contributed by atoms with Crippen LogP contribution in [-0.2, 0) is 19.6 Å². The topological polar surface area (TPSA) is 88.9 Å². The monoisotopic (exact) mass is 530 g/mol. The molecule has 1 atom stereocenters. The Bertz CT molecular complexity index is 1620. The normalized spacial score (nSPS) is 12.2. The van der Waals surface area contributed by atoms with E-state index in [1.54, 1.807) is 42.1 Å². The molecule has 0 radical (unpaired) electrons. The highest BCUT2D eigenvalue weighted by Crippen LogP contribution is 2.27. The van der Waals surface area contributed by atoms with Crippen LogP contribution in [0.15, 0.2) is 77.6 Å². The number of ether oxygens (including phenoxy) is 1. The molecule has 5 rings (SSSR count). The Morgan fingerprint density at radius 1 is 0.949 bits per heavy atom. The van der Waals surface area contributed by atoms with Crippen molar-refractivity contribution in [2.45, 2.75) is 39.0 Å². The average Bonchev–Trinajstić information content (AvgIpc) is 3.39. The van der Waals surface area contributed by atoms with E-state index >= 15 is 0 Å². The molecule has 5 aromatic rings. The second-order valence-electron chi connectivity index (χ2n) is 9.35. The molecule has 0 aliphatic rings. The van der Waals surface area contributed by atoms with Crippen LogP contribution in [0.4, 0.5) is 8.78 Å². The molecule has 0 bridgehead atoms. The van der Waals surface area contributed by atoms with Crippen LogP contribution in [-0.4, -0.2) is 37.2 Å². The van der Waals surface area contributed by atoms with Gasteiger partial charge in [-0.1, -0.05) is 31.2 Å². The van der Waals surface area contributed by atoms with E-state index in [1.165, 1.54) is 24.3 Å². The first-order valence-electron chi connectivity index (χ1n) is 12.6. The number of H-pyrrole nitrogens is 1. The van der Waals surface area contributed by atoms with Crippen LogP contribution in [0.3, 0.4) is 0 Å². The van der Waals surface area contributed by atoms with Gasteiger partial charge in [-0.2, -0.15) is 0 Å². The van der Waals surface area contributed by atoms with E-state index in [0.717, 1.165) is 16.5 Å². The van der Waals surface area contributed by atoms with Gasteiger partial charge in [0, 0.05) is 29.6 Å². The van der Waals surface area contributed by atoms with Crippen LogP contribution in [0.2, 0.25) is 0 Å². The molecule has 2 heterocycles. The first-order chi connectivity index (χ1) is 18.9. The number of hydrogen-bond donors (Lipinski definition) is 1. The van der Waals surface area contributed by atoms with Gasteiger partial charge in [-0.05, 0) is 76.5 Å². The summed E-state index contributed by atoms with van der Waals surface area (Å²) in [6, 6.07) is 19.6. The molecular weight excluding hydrogens is 502 g/mol. The Labute approximate surface area is 223 Å². The first-order valence-corrected chi connectivity index (χ1v) is 12.6. The van der Waals surface area contributed by atoms with Crippen molar-refractivity contribution in [3.63, 3.8) is 0 Å². The minimum absolute atomic E-state index is 0.197. The molecule has 39 heavy (non-hydrogen) atoms. The van der Waals surface area contributed by atoms with Crippen LogP contribution in [0.1, 0.15) is 41.9 Å². The third-order valence-electron chi connectivity index (χ3n) is 6.73. The number of pyridine rings is 1. The van der Waals surface area contributed by atoms with Gasteiger partial charge in [-0.3, -0.25) is 9.69 Å². The SMILES string of the molecule is CCC(c1nnnn1Cc1ccc(F)cc1)N(Cc1ccc(F)cc1)Cc1cc2cc(OC)ccc2[nH]c1=O. The Morgan fingerprint density at radius 3 is 2.31 bits per heavy atom. The van der Waals surface area contributed by atoms with E-state index in [2.05, 4.69) is 25.4 Å². The molecule has 8 nitrogen and oxygen atoms in total. The summed E-state index contributed by atoms with van der Waals surface area (Å²) in [5.74, 6) is 0.671. The molecule has 0 amide bonds. The Balaban J connectivity index is 1.52. The fraction of sp³-hybridized carbons (Fsp3) is 0.241. The Morgan fingerprint density at radius 2 is 1.64 bits per heavy atom. The smallest absolute Gasteiger partial charge is 0.252 e. The maximum atomic E-state index is 13.6. The third-order valence-corrected chi connectivity index (χ3v) is 6.73. The van der Waals surface area contributed by atoms with Crippen LogP contribution in [0, 0.1) is 11.6 Å². The quantitative estimate of drug-likeness (QED) is 0.273. The molecular formula is C29H28F2N6O2. The first kappa shape index (κ1) is 26.2.